The molecule has 1 aromatic carbocycles. The van der Waals surface area contributed by atoms with E-state index in [4.69, 9.17) is 11.6 Å². The van der Waals surface area contributed by atoms with Gasteiger partial charge in [0.1, 0.15) is 11.6 Å². The molecule has 0 aliphatic carbocycles. The molecule has 1 N–H and O–H groups in total. The molecule has 0 saturated heterocycles. The first-order valence-corrected chi connectivity index (χ1v) is 7.99. The Labute approximate surface area is 138 Å². The first-order valence-electron chi connectivity index (χ1n) is 7.61. The highest BCUT2D eigenvalue weighted by molar-refractivity contribution is 6.32. The van der Waals surface area contributed by atoms with Gasteiger partial charge in [-0.3, -0.25) is 4.79 Å². The third-order valence-corrected chi connectivity index (χ3v) is 3.96. The van der Waals surface area contributed by atoms with Gasteiger partial charge in [0.05, 0.1) is 5.70 Å². The van der Waals surface area contributed by atoms with Gasteiger partial charge in [0.25, 0.3) is 0 Å². The van der Waals surface area contributed by atoms with Crippen molar-refractivity contribution in [2.75, 3.05) is 0 Å². The molecule has 0 amide bonds. The van der Waals surface area contributed by atoms with E-state index in [1.54, 1.807) is 6.07 Å². The molecule has 0 aliphatic heterocycles. The monoisotopic (exact) mass is 318 g/mol. The summed E-state index contributed by atoms with van der Waals surface area (Å²) in [6.07, 6.45) is 1.06. The molecule has 0 fully saturated rings. The number of rotatable bonds is 7. The van der Waals surface area contributed by atoms with Gasteiger partial charge in [0.15, 0.2) is 5.78 Å². The van der Waals surface area contributed by atoms with Gasteiger partial charge in [0.2, 0.25) is 0 Å². The smallest absolute Gasteiger partial charge is 0.175 e. The van der Waals surface area contributed by atoms with E-state index in [0.717, 1.165) is 0 Å². The molecule has 1 rings (SSSR count). The van der Waals surface area contributed by atoms with E-state index in [2.05, 4.69) is 25.2 Å². The predicted octanol–water partition coefficient (Wildman–Crippen LogP) is 4.58. The van der Waals surface area contributed by atoms with E-state index in [1.165, 1.54) is 0 Å². The van der Waals surface area contributed by atoms with Crippen LogP contribution in [0.4, 0.5) is 0 Å². The summed E-state index contributed by atoms with van der Waals surface area (Å²) in [6, 6.07) is 9.45. The summed E-state index contributed by atoms with van der Waals surface area (Å²) in [7, 11) is 0. The zero-order chi connectivity index (χ0) is 16.7. The lowest BCUT2D eigenvalue weighted by molar-refractivity contribution is -0.115. The number of hydrogen-bond acceptors (Lipinski definition) is 3. The topological polar surface area (TPSA) is 52.9 Å². The Morgan fingerprint density at radius 2 is 1.95 bits per heavy atom. The van der Waals surface area contributed by atoms with Crippen LogP contribution in [0.5, 0.6) is 0 Å². The van der Waals surface area contributed by atoms with E-state index >= 15 is 0 Å². The summed E-state index contributed by atoms with van der Waals surface area (Å²) in [5.41, 5.74) is 1.38. The zero-order valence-electron chi connectivity index (χ0n) is 13.6. The minimum absolute atomic E-state index is 0.115. The Morgan fingerprint density at radius 3 is 2.45 bits per heavy atom. The summed E-state index contributed by atoms with van der Waals surface area (Å²) >= 11 is 6.27. The van der Waals surface area contributed by atoms with Crippen LogP contribution < -0.4 is 5.32 Å². The number of carbonyl (C=O) groups excluding carboxylic acids is 1. The lowest BCUT2D eigenvalue weighted by Gasteiger charge is -2.23. The van der Waals surface area contributed by atoms with Crippen LogP contribution >= 0.6 is 11.6 Å². The van der Waals surface area contributed by atoms with Crippen molar-refractivity contribution in [1.29, 1.82) is 5.26 Å². The number of allylic oxidation sites excluding steroid dienone is 1. The van der Waals surface area contributed by atoms with Crippen molar-refractivity contribution >= 4 is 23.1 Å². The minimum atomic E-state index is -0.150. The van der Waals surface area contributed by atoms with E-state index in [9.17, 15) is 10.1 Å². The third kappa shape index (κ3) is 4.61. The molecule has 4 heteroatoms. The van der Waals surface area contributed by atoms with Crippen LogP contribution in [0.15, 0.2) is 29.8 Å². The van der Waals surface area contributed by atoms with E-state index in [0.29, 0.717) is 35.0 Å². The fourth-order valence-electron chi connectivity index (χ4n) is 1.95. The number of hydrogen-bond donors (Lipinski definition) is 1. The summed E-state index contributed by atoms with van der Waals surface area (Å²) < 4.78 is 0. The molecule has 0 bridgehead atoms. The van der Waals surface area contributed by atoms with E-state index < -0.39 is 0 Å². The van der Waals surface area contributed by atoms with E-state index in [1.807, 2.05) is 32.0 Å². The molecule has 0 aromatic heterocycles. The zero-order valence-corrected chi connectivity index (χ0v) is 14.4. The average Bonchev–Trinajstić information content (AvgIpc) is 2.47. The van der Waals surface area contributed by atoms with Gasteiger partial charge in [-0.1, -0.05) is 50.6 Å². The molecule has 1 atom stereocenters. The van der Waals surface area contributed by atoms with Crippen LogP contribution in [0.1, 0.15) is 46.1 Å². The largest absolute Gasteiger partial charge is 0.381 e. The van der Waals surface area contributed by atoms with Gasteiger partial charge in [-0.2, -0.15) is 5.26 Å². The molecule has 118 valence electrons. The number of carbonyl (C=O) groups is 1. The van der Waals surface area contributed by atoms with Crippen LogP contribution in [0.2, 0.25) is 5.02 Å². The fourth-order valence-corrected chi connectivity index (χ4v) is 2.18. The maximum Gasteiger partial charge on any atom is 0.175 e. The van der Waals surface area contributed by atoms with Crippen molar-refractivity contribution < 1.29 is 4.79 Å². The molecular weight excluding hydrogens is 296 g/mol. The average molecular weight is 319 g/mol. The summed E-state index contributed by atoms with van der Waals surface area (Å²) in [5.74, 6) is 0.210. The van der Waals surface area contributed by atoms with Crippen LogP contribution in [0.3, 0.4) is 0 Å². The lowest BCUT2D eigenvalue weighted by Crippen LogP contribution is -2.31. The van der Waals surface area contributed by atoms with Crippen molar-refractivity contribution in [2.45, 2.75) is 46.6 Å². The Balaban J connectivity index is 3.42. The van der Waals surface area contributed by atoms with Gasteiger partial charge >= 0.3 is 0 Å². The maximum atomic E-state index is 12.3. The Kier molecular flexibility index (Phi) is 7.14. The standard InChI is InChI=1S/C18H23ClN2O/c1-5-8-17(22)15(11-20)18(21-13(4)12(2)3)14-9-6-7-10-16(14)19/h6-7,9-10,12-13,21H,5,8H2,1-4H3/b18-15-. The van der Waals surface area contributed by atoms with Crippen LogP contribution in [-0.2, 0) is 4.79 Å². The number of benzene rings is 1. The normalized spacial score (nSPS) is 13.3. The highest BCUT2D eigenvalue weighted by Gasteiger charge is 2.20. The van der Waals surface area contributed by atoms with E-state index in [-0.39, 0.29) is 17.4 Å². The van der Waals surface area contributed by atoms with Crippen LogP contribution in [-0.4, -0.2) is 11.8 Å². The van der Waals surface area contributed by atoms with Crippen molar-refractivity contribution in [1.82, 2.24) is 5.32 Å². The Bertz CT molecular complexity index is 599. The van der Waals surface area contributed by atoms with Gasteiger partial charge in [-0.15, -0.1) is 0 Å². The second kappa shape index (κ2) is 8.60. The summed E-state index contributed by atoms with van der Waals surface area (Å²) in [4.78, 5) is 12.3. The number of nitrogens with one attached hydrogen (secondary N) is 1. The fraction of sp³-hybridized carbons (Fsp3) is 0.444. The number of halogens is 1. The summed E-state index contributed by atoms with van der Waals surface area (Å²) in [6.45, 7) is 8.12. The number of ketones is 1. The molecule has 22 heavy (non-hydrogen) atoms. The van der Waals surface area contributed by atoms with Gasteiger partial charge < -0.3 is 5.32 Å². The number of nitriles is 1. The molecule has 1 unspecified atom stereocenters. The SMILES string of the molecule is CCCC(=O)/C(C#N)=C(\NC(C)C(C)C)c1ccccc1Cl. The predicted molar refractivity (Wildman–Crippen MR) is 91.3 cm³/mol. The third-order valence-electron chi connectivity index (χ3n) is 3.63. The van der Waals surface area contributed by atoms with Gasteiger partial charge in [-0.25, -0.2) is 0 Å². The highest BCUT2D eigenvalue weighted by atomic mass is 35.5. The molecule has 1 aromatic rings. The molecule has 0 aliphatic rings. The Hall–Kier alpha value is -1.79. The first-order chi connectivity index (χ1) is 10.4. The molecule has 0 spiro atoms. The van der Waals surface area contributed by atoms with Gasteiger partial charge in [-0.05, 0) is 25.3 Å². The minimum Gasteiger partial charge on any atom is -0.381 e. The van der Waals surface area contributed by atoms with Crippen molar-refractivity contribution in [3.63, 3.8) is 0 Å². The number of Topliss-reactive ketones (excluding diaryl/α,β-unsaturated/α-hetero) is 1. The second-order valence-corrected chi connectivity index (χ2v) is 6.10. The molecule has 0 radical (unpaired) electrons. The number of nitrogens with zero attached hydrogens (tertiary/aromatic N) is 1. The molecule has 0 heterocycles. The highest BCUT2D eigenvalue weighted by Crippen LogP contribution is 2.26. The quantitative estimate of drug-likeness (QED) is 0.591. The maximum absolute atomic E-state index is 12.3. The van der Waals surface area contributed by atoms with Crippen LogP contribution in [0.25, 0.3) is 5.70 Å². The molecule has 0 saturated carbocycles. The van der Waals surface area contributed by atoms with Crippen molar-refractivity contribution in [3.05, 3.63) is 40.4 Å². The lowest BCUT2D eigenvalue weighted by atomic mass is 9.98. The van der Waals surface area contributed by atoms with Gasteiger partial charge in [0, 0.05) is 23.0 Å². The Morgan fingerprint density at radius 1 is 1.32 bits per heavy atom. The summed E-state index contributed by atoms with van der Waals surface area (Å²) in [5, 5.41) is 13.3. The van der Waals surface area contributed by atoms with Crippen LogP contribution in [0, 0.1) is 17.2 Å². The molecular formula is C18H23ClN2O. The van der Waals surface area contributed by atoms with Crippen molar-refractivity contribution in [3.8, 4) is 6.07 Å². The second-order valence-electron chi connectivity index (χ2n) is 5.69. The first kappa shape index (κ1) is 18.3. The molecule has 3 nitrogen and oxygen atoms in total. The van der Waals surface area contributed by atoms with Crippen molar-refractivity contribution in [2.24, 2.45) is 5.92 Å².